The molecule has 6 heteroatoms. The Morgan fingerprint density at radius 2 is 1.94 bits per heavy atom. The van der Waals surface area contributed by atoms with Crippen LogP contribution < -0.4 is 11.2 Å². The molecular weight excluding hydrogens is 234 g/mol. The van der Waals surface area contributed by atoms with Crippen LogP contribution in [-0.4, -0.2) is 26.5 Å². The summed E-state index contributed by atoms with van der Waals surface area (Å²) in [5.74, 6) is 0. The predicted octanol–water partition coefficient (Wildman–Crippen LogP) is -0.101. The van der Waals surface area contributed by atoms with Gasteiger partial charge in [0.25, 0.3) is 5.56 Å². The van der Waals surface area contributed by atoms with Crippen LogP contribution in [0.3, 0.4) is 0 Å². The van der Waals surface area contributed by atoms with Crippen molar-refractivity contribution in [2.24, 2.45) is 0 Å². The number of aromatic nitrogens is 3. The maximum absolute atomic E-state index is 11.7. The first-order chi connectivity index (χ1) is 8.61. The zero-order valence-corrected chi connectivity index (χ0v) is 9.88. The molecule has 0 aliphatic carbocycles. The van der Waals surface area contributed by atoms with Crippen molar-refractivity contribution in [3.05, 3.63) is 50.7 Å². The highest BCUT2D eigenvalue weighted by molar-refractivity contribution is 5.57. The van der Waals surface area contributed by atoms with E-state index in [1.807, 2.05) is 19.1 Å². The first-order valence-electron chi connectivity index (χ1n) is 5.51. The van der Waals surface area contributed by atoms with Crippen LogP contribution in [0.5, 0.6) is 0 Å². The number of nitrogens with one attached hydrogen (secondary N) is 1. The van der Waals surface area contributed by atoms with Gasteiger partial charge in [0.15, 0.2) is 5.69 Å². The average molecular weight is 247 g/mol. The van der Waals surface area contributed by atoms with E-state index in [-0.39, 0.29) is 18.8 Å². The summed E-state index contributed by atoms with van der Waals surface area (Å²) in [5, 5.41) is 12.8. The molecule has 1 aromatic carbocycles. The molecule has 0 aliphatic heterocycles. The second-order valence-electron chi connectivity index (χ2n) is 3.92. The van der Waals surface area contributed by atoms with Gasteiger partial charge < -0.3 is 5.11 Å². The van der Waals surface area contributed by atoms with E-state index >= 15 is 0 Å². The van der Waals surface area contributed by atoms with Gasteiger partial charge >= 0.3 is 5.69 Å². The topological polar surface area (TPSA) is 88.0 Å². The molecule has 0 aliphatic rings. The molecule has 6 nitrogen and oxygen atoms in total. The summed E-state index contributed by atoms with van der Waals surface area (Å²) >= 11 is 0. The molecule has 18 heavy (non-hydrogen) atoms. The summed E-state index contributed by atoms with van der Waals surface area (Å²) in [6, 6.07) is 7.25. The van der Waals surface area contributed by atoms with Gasteiger partial charge in [-0.2, -0.15) is 5.10 Å². The predicted molar refractivity (Wildman–Crippen MR) is 66.4 cm³/mol. The van der Waals surface area contributed by atoms with Gasteiger partial charge in [0.1, 0.15) is 0 Å². The maximum atomic E-state index is 11.7. The summed E-state index contributed by atoms with van der Waals surface area (Å²) < 4.78 is 1.04. The van der Waals surface area contributed by atoms with E-state index in [1.165, 1.54) is 0 Å². The second-order valence-corrected chi connectivity index (χ2v) is 3.92. The first kappa shape index (κ1) is 12.3. The van der Waals surface area contributed by atoms with Gasteiger partial charge in [0.05, 0.1) is 13.2 Å². The van der Waals surface area contributed by atoms with Crippen molar-refractivity contribution in [2.45, 2.75) is 13.5 Å². The number of aliphatic hydroxyl groups is 1. The molecule has 1 heterocycles. The van der Waals surface area contributed by atoms with Crippen LogP contribution in [-0.2, 0) is 6.54 Å². The summed E-state index contributed by atoms with van der Waals surface area (Å²) in [4.78, 5) is 25.3. The molecule has 2 N–H and O–H groups in total. The van der Waals surface area contributed by atoms with E-state index in [0.29, 0.717) is 5.56 Å². The van der Waals surface area contributed by atoms with Crippen molar-refractivity contribution in [2.75, 3.05) is 6.61 Å². The molecule has 0 saturated carbocycles. The molecule has 0 bridgehead atoms. The molecule has 0 fully saturated rings. The van der Waals surface area contributed by atoms with Crippen molar-refractivity contribution in [3.63, 3.8) is 0 Å². The SMILES string of the molecule is Cc1ccc(-c2nn(CCO)c(=O)[nH]c2=O)cc1. The molecular formula is C12H13N3O3. The van der Waals surface area contributed by atoms with Crippen LogP contribution in [0.4, 0.5) is 0 Å². The highest BCUT2D eigenvalue weighted by Crippen LogP contribution is 2.12. The molecule has 2 rings (SSSR count). The third-order valence-corrected chi connectivity index (χ3v) is 2.53. The number of H-pyrrole nitrogens is 1. The Kier molecular flexibility index (Phi) is 3.38. The first-order valence-corrected chi connectivity index (χ1v) is 5.51. The molecule has 94 valence electrons. The normalized spacial score (nSPS) is 10.6. The average Bonchev–Trinajstić information content (AvgIpc) is 2.34. The Hall–Kier alpha value is -2.21. The van der Waals surface area contributed by atoms with E-state index < -0.39 is 11.2 Å². The van der Waals surface area contributed by atoms with Crippen molar-refractivity contribution in [1.82, 2.24) is 14.8 Å². The Morgan fingerprint density at radius 1 is 1.28 bits per heavy atom. The third-order valence-electron chi connectivity index (χ3n) is 2.53. The zero-order chi connectivity index (χ0) is 13.1. The summed E-state index contributed by atoms with van der Waals surface area (Å²) in [6.07, 6.45) is 0. The van der Waals surface area contributed by atoms with Crippen LogP contribution in [0, 0.1) is 6.92 Å². The Morgan fingerprint density at radius 3 is 2.56 bits per heavy atom. The van der Waals surface area contributed by atoms with Gasteiger partial charge in [0.2, 0.25) is 0 Å². The Bertz CT molecular complexity index is 656. The molecule has 1 aromatic heterocycles. The van der Waals surface area contributed by atoms with Crippen LogP contribution in [0.25, 0.3) is 11.3 Å². The third kappa shape index (κ3) is 2.38. The fourth-order valence-corrected chi connectivity index (χ4v) is 1.58. The molecule has 0 saturated heterocycles. The smallest absolute Gasteiger partial charge is 0.344 e. The van der Waals surface area contributed by atoms with E-state index in [4.69, 9.17) is 5.11 Å². The standard InChI is InChI=1S/C12H13N3O3/c1-8-2-4-9(5-3-8)10-11(17)13-12(18)15(14-10)6-7-16/h2-5,16H,6-7H2,1H3,(H,13,17,18). The number of benzene rings is 1. The fraction of sp³-hybridized carbons (Fsp3) is 0.250. The lowest BCUT2D eigenvalue weighted by molar-refractivity contribution is 0.265. The lowest BCUT2D eigenvalue weighted by Gasteiger charge is -2.04. The highest BCUT2D eigenvalue weighted by Gasteiger charge is 2.08. The van der Waals surface area contributed by atoms with Crippen LogP contribution in [0.2, 0.25) is 0 Å². The number of rotatable bonds is 3. The van der Waals surface area contributed by atoms with Gasteiger partial charge in [-0.25, -0.2) is 9.48 Å². The zero-order valence-electron chi connectivity index (χ0n) is 9.88. The highest BCUT2D eigenvalue weighted by atomic mass is 16.3. The van der Waals surface area contributed by atoms with Gasteiger partial charge in [-0.3, -0.25) is 9.78 Å². The number of hydrogen-bond acceptors (Lipinski definition) is 4. The molecule has 0 spiro atoms. The minimum Gasteiger partial charge on any atom is -0.394 e. The number of aryl methyl sites for hydroxylation is 1. The van der Waals surface area contributed by atoms with Gasteiger partial charge in [-0.15, -0.1) is 0 Å². The lowest BCUT2D eigenvalue weighted by Crippen LogP contribution is -2.34. The number of hydrogen-bond donors (Lipinski definition) is 2. The minimum absolute atomic E-state index is 0.0501. The monoisotopic (exact) mass is 247 g/mol. The molecule has 0 unspecified atom stereocenters. The number of aromatic amines is 1. The quantitative estimate of drug-likeness (QED) is 0.792. The van der Waals surface area contributed by atoms with E-state index in [2.05, 4.69) is 10.1 Å². The van der Waals surface area contributed by atoms with Crippen molar-refractivity contribution < 1.29 is 5.11 Å². The maximum Gasteiger partial charge on any atom is 0.344 e. The Labute approximate surface area is 103 Å². The summed E-state index contributed by atoms with van der Waals surface area (Å²) in [6.45, 7) is 1.77. The molecule has 0 radical (unpaired) electrons. The van der Waals surface area contributed by atoms with Gasteiger partial charge in [-0.1, -0.05) is 29.8 Å². The molecule has 2 aromatic rings. The van der Waals surface area contributed by atoms with Crippen molar-refractivity contribution in [3.8, 4) is 11.3 Å². The van der Waals surface area contributed by atoms with E-state index in [1.54, 1.807) is 12.1 Å². The largest absolute Gasteiger partial charge is 0.394 e. The van der Waals surface area contributed by atoms with Gasteiger partial charge in [-0.05, 0) is 6.92 Å². The fourth-order valence-electron chi connectivity index (χ4n) is 1.58. The lowest BCUT2D eigenvalue weighted by atomic mass is 10.1. The van der Waals surface area contributed by atoms with Crippen LogP contribution >= 0.6 is 0 Å². The van der Waals surface area contributed by atoms with Crippen LogP contribution in [0.15, 0.2) is 33.9 Å². The Balaban J connectivity index is 2.57. The minimum atomic E-state index is -0.620. The van der Waals surface area contributed by atoms with E-state index in [0.717, 1.165) is 10.2 Å². The van der Waals surface area contributed by atoms with Gasteiger partial charge in [0, 0.05) is 5.56 Å². The van der Waals surface area contributed by atoms with Crippen LogP contribution in [0.1, 0.15) is 5.56 Å². The number of nitrogens with zero attached hydrogens (tertiary/aromatic N) is 2. The van der Waals surface area contributed by atoms with E-state index in [9.17, 15) is 9.59 Å². The molecule has 0 amide bonds. The van der Waals surface area contributed by atoms with Crippen molar-refractivity contribution in [1.29, 1.82) is 0 Å². The number of aliphatic hydroxyl groups excluding tert-OH is 1. The second kappa shape index (κ2) is 4.97. The molecule has 0 atom stereocenters. The summed E-state index contributed by atoms with van der Waals surface area (Å²) in [7, 11) is 0. The van der Waals surface area contributed by atoms with Crippen molar-refractivity contribution >= 4 is 0 Å². The summed E-state index contributed by atoms with van der Waals surface area (Å²) in [5.41, 5.74) is 0.721.